The molecule has 0 bridgehead atoms. The van der Waals surface area contributed by atoms with Gasteiger partial charge in [-0.3, -0.25) is 4.98 Å². The Morgan fingerprint density at radius 1 is 1.50 bits per heavy atom. The maximum absolute atomic E-state index is 8.84. The van der Waals surface area contributed by atoms with Gasteiger partial charge in [-0.25, -0.2) is 0 Å². The Bertz CT molecular complexity index is 283. The summed E-state index contributed by atoms with van der Waals surface area (Å²) in [4.78, 5) is 4.12. The van der Waals surface area contributed by atoms with E-state index in [-0.39, 0.29) is 12.0 Å². The summed E-state index contributed by atoms with van der Waals surface area (Å²) in [6.45, 7) is 1.78. The van der Waals surface area contributed by atoms with Crippen LogP contribution in [0.5, 0.6) is 0 Å². The van der Waals surface area contributed by atoms with E-state index in [4.69, 9.17) is 9.84 Å². The average Bonchev–Trinajstić information content (AvgIpc) is 2.18. The zero-order chi connectivity index (χ0) is 9.86. The van der Waals surface area contributed by atoms with Crippen LogP contribution in [-0.2, 0) is 10.2 Å². The monoisotopic (exact) mass is 193 g/mol. The largest absolute Gasteiger partial charge is 0.396 e. The lowest BCUT2D eigenvalue weighted by Gasteiger charge is -2.41. The molecular weight excluding hydrogens is 178 g/mol. The first-order chi connectivity index (χ1) is 6.87. The fraction of sp³-hybridized carbons (Fsp3) is 0.545. The van der Waals surface area contributed by atoms with Gasteiger partial charge in [0.25, 0.3) is 0 Å². The van der Waals surface area contributed by atoms with Gasteiger partial charge in [0.05, 0.1) is 13.2 Å². The van der Waals surface area contributed by atoms with E-state index in [9.17, 15) is 0 Å². The number of nitrogens with zero attached hydrogens (tertiary/aromatic N) is 1. The van der Waals surface area contributed by atoms with Gasteiger partial charge >= 0.3 is 0 Å². The Labute approximate surface area is 83.7 Å². The Hall–Kier alpha value is -0.930. The van der Waals surface area contributed by atoms with Crippen LogP contribution in [0.4, 0.5) is 0 Å². The number of rotatable bonds is 4. The van der Waals surface area contributed by atoms with Crippen molar-refractivity contribution < 1.29 is 9.84 Å². The quantitative estimate of drug-likeness (QED) is 0.779. The number of aliphatic hydroxyl groups excluding tert-OH is 1. The van der Waals surface area contributed by atoms with E-state index < -0.39 is 0 Å². The highest BCUT2D eigenvalue weighted by molar-refractivity contribution is 5.24. The lowest BCUT2D eigenvalue weighted by Crippen LogP contribution is -2.46. The second-order valence-electron chi connectivity index (χ2n) is 3.84. The van der Waals surface area contributed by atoms with Gasteiger partial charge in [0.2, 0.25) is 0 Å². The first-order valence-electron chi connectivity index (χ1n) is 4.96. The molecule has 1 fully saturated rings. The predicted octanol–water partition coefficient (Wildman–Crippen LogP) is 1.12. The van der Waals surface area contributed by atoms with Crippen molar-refractivity contribution in [1.29, 1.82) is 0 Å². The molecule has 0 aliphatic carbocycles. The van der Waals surface area contributed by atoms with Crippen LogP contribution in [0.1, 0.15) is 18.4 Å². The van der Waals surface area contributed by atoms with E-state index >= 15 is 0 Å². The van der Waals surface area contributed by atoms with Gasteiger partial charge in [0.15, 0.2) is 0 Å². The van der Waals surface area contributed by atoms with Crippen molar-refractivity contribution >= 4 is 0 Å². The molecule has 2 heterocycles. The normalized spacial score (nSPS) is 18.9. The van der Waals surface area contributed by atoms with Gasteiger partial charge in [-0.2, -0.15) is 0 Å². The molecule has 1 aromatic rings. The van der Waals surface area contributed by atoms with E-state index in [1.54, 1.807) is 6.20 Å². The lowest BCUT2D eigenvalue weighted by atomic mass is 9.76. The Morgan fingerprint density at radius 2 is 2.36 bits per heavy atom. The van der Waals surface area contributed by atoms with Gasteiger partial charge in [-0.15, -0.1) is 0 Å². The molecule has 0 spiro atoms. The number of aliphatic hydroxyl groups is 1. The van der Waals surface area contributed by atoms with E-state index in [1.165, 1.54) is 5.56 Å². The number of hydrogen-bond acceptors (Lipinski definition) is 3. The standard InChI is InChI=1S/C11H15NO2/c13-6-2-4-11(8-14-9-11)10-3-1-5-12-7-10/h1,3,5,7,13H,2,4,6,8-9H2. The summed E-state index contributed by atoms with van der Waals surface area (Å²) < 4.78 is 5.28. The molecule has 0 unspecified atom stereocenters. The summed E-state index contributed by atoms with van der Waals surface area (Å²) in [5, 5.41) is 8.84. The molecule has 3 nitrogen and oxygen atoms in total. The minimum Gasteiger partial charge on any atom is -0.396 e. The molecule has 0 amide bonds. The van der Waals surface area contributed by atoms with E-state index in [0.717, 1.165) is 26.1 Å². The van der Waals surface area contributed by atoms with Gasteiger partial charge in [-0.1, -0.05) is 6.07 Å². The smallest absolute Gasteiger partial charge is 0.0586 e. The van der Waals surface area contributed by atoms with Crippen molar-refractivity contribution in [1.82, 2.24) is 4.98 Å². The van der Waals surface area contributed by atoms with Crippen molar-refractivity contribution in [2.45, 2.75) is 18.3 Å². The van der Waals surface area contributed by atoms with Crippen molar-refractivity contribution in [2.75, 3.05) is 19.8 Å². The molecule has 1 saturated heterocycles. The lowest BCUT2D eigenvalue weighted by molar-refractivity contribution is -0.0666. The second-order valence-corrected chi connectivity index (χ2v) is 3.84. The molecule has 0 atom stereocenters. The molecule has 14 heavy (non-hydrogen) atoms. The molecule has 1 aromatic heterocycles. The van der Waals surface area contributed by atoms with Gasteiger partial charge in [0, 0.05) is 24.4 Å². The van der Waals surface area contributed by atoms with Crippen LogP contribution < -0.4 is 0 Å². The van der Waals surface area contributed by atoms with Crippen molar-refractivity contribution in [3.63, 3.8) is 0 Å². The zero-order valence-electron chi connectivity index (χ0n) is 8.15. The zero-order valence-corrected chi connectivity index (χ0v) is 8.15. The van der Waals surface area contributed by atoms with Crippen LogP contribution in [0.3, 0.4) is 0 Å². The molecule has 1 aliphatic rings. The van der Waals surface area contributed by atoms with Gasteiger partial charge in [0.1, 0.15) is 0 Å². The van der Waals surface area contributed by atoms with Crippen LogP contribution in [0.15, 0.2) is 24.5 Å². The molecule has 0 saturated carbocycles. The van der Waals surface area contributed by atoms with Crippen LogP contribution >= 0.6 is 0 Å². The second kappa shape index (κ2) is 4.07. The Morgan fingerprint density at radius 3 is 2.86 bits per heavy atom. The minimum absolute atomic E-state index is 0.122. The van der Waals surface area contributed by atoms with E-state index in [0.29, 0.717) is 0 Å². The van der Waals surface area contributed by atoms with E-state index in [2.05, 4.69) is 11.1 Å². The molecule has 0 radical (unpaired) electrons. The van der Waals surface area contributed by atoms with Crippen LogP contribution in [-0.4, -0.2) is 29.9 Å². The summed E-state index contributed by atoms with van der Waals surface area (Å²) in [5.41, 5.74) is 1.36. The average molecular weight is 193 g/mol. The van der Waals surface area contributed by atoms with Crippen molar-refractivity contribution in [2.24, 2.45) is 0 Å². The third-order valence-corrected chi connectivity index (χ3v) is 2.84. The summed E-state index contributed by atoms with van der Waals surface area (Å²) >= 11 is 0. The summed E-state index contributed by atoms with van der Waals surface area (Å²) in [6.07, 6.45) is 5.50. The molecule has 76 valence electrons. The number of ether oxygens (including phenoxy) is 1. The Balaban J connectivity index is 2.12. The Kier molecular flexibility index (Phi) is 2.79. The highest BCUT2D eigenvalue weighted by Crippen LogP contribution is 2.36. The van der Waals surface area contributed by atoms with E-state index in [1.807, 2.05) is 12.3 Å². The highest BCUT2D eigenvalue weighted by Gasteiger charge is 2.39. The maximum Gasteiger partial charge on any atom is 0.0586 e. The fourth-order valence-corrected chi connectivity index (χ4v) is 1.90. The molecular formula is C11H15NO2. The van der Waals surface area contributed by atoms with Crippen molar-refractivity contribution in [3.8, 4) is 0 Å². The summed E-state index contributed by atoms with van der Waals surface area (Å²) in [7, 11) is 0. The van der Waals surface area contributed by atoms with Gasteiger partial charge < -0.3 is 9.84 Å². The molecule has 2 rings (SSSR count). The SMILES string of the molecule is OCCCC1(c2cccnc2)COC1. The molecule has 1 aliphatic heterocycles. The summed E-state index contributed by atoms with van der Waals surface area (Å²) in [6, 6.07) is 4.04. The summed E-state index contributed by atoms with van der Waals surface area (Å²) in [5.74, 6) is 0. The minimum atomic E-state index is 0.122. The molecule has 3 heteroatoms. The first kappa shape index (κ1) is 9.62. The first-order valence-corrected chi connectivity index (χ1v) is 4.96. The predicted molar refractivity (Wildman–Crippen MR) is 53.1 cm³/mol. The fourth-order valence-electron chi connectivity index (χ4n) is 1.90. The third-order valence-electron chi connectivity index (χ3n) is 2.84. The number of pyridine rings is 1. The van der Waals surface area contributed by atoms with Crippen LogP contribution in [0, 0.1) is 0 Å². The van der Waals surface area contributed by atoms with Crippen LogP contribution in [0.25, 0.3) is 0 Å². The number of hydrogen-bond donors (Lipinski definition) is 1. The maximum atomic E-state index is 8.84. The highest BCUT2D eigenvalue weighted by atomic mass is 16.5. The van der Waals surface area contributed by atoms with Crippen molar-refractivity contribution in [3.05, 3.63) is 30.1 Å². The van der Waals surface area contributed by atoms with Crippen LogP contribution in [0.2, 0.25) is 0 Å². The molecule has 1 N–H and O–H groups in total. The molecule has 0 aromatic carbocycles. The number of aromatic nitrogens is 1. The topological polar surface area (TPSA) is 42.4 Å². The van der Waals surface area contributed by atoms with Gasteiger partial charge in [-0.05, 0) is 24.5 Å². The third kappa shape index (κ3) is 1.65.